The van der Waals surface area contributed by atoms with Gasteiger partial charge < -0.3 is 11.5 Å². The van der Waals surface area contributed by atoms with Crippen LogP contribution < -0.4 is 22.1 Å². The van der Waals surface area contributed by atoms with Crippen LogP contribution in [-0.2, 0) is 40.8 Å². The minimum atomic E-state index is -0.520. The third-order valence-electron chi connectivity index (χ3n) is 9.53. The van der Waals surface area contributed by atoms with E-state index in [4.69, 9.17) is 43.5 Å². The van der Waals surface area contributed by atoms with Crippen LogP contribution in [0, 0.1) is 0 Å². The summed E-state index contributed by atoms with van der Waals surface area (Å²) in [6.07, 6.45) is 10.4. The number of rotatable bonds is 7. The average Bonchev–Trinajstić information content (AvgIpc) is 3.11. The van der Waals surface area contributed by atoms with E-state index in [-0.39, 0.29) is 32.5 Å². The Morgan fingerprint density at radius 1 is 0.574 bits per heavy atom. The maximum absolute atomic E-state index is 6.15. The van der Waals surface area contributed by atoms with Crippen molar-refractivity contribution in [3.63, 3.8) is 0 Å². The summed E-state index contributed by atoms with van der Waals surface area (Å²) >= 11 is 5.09. The topological polar surface area (TPSA) is 52.0 Å². The molecule has 4 aromatic rings. The van der Waals surface area contributed by atoms with E-state index < -0.39 is 15.8 Å². The van der Waals surface area contributed by atoms with Crippen LogP contribution in [0.1, 0.15) is 87.5 Å². The summed E-state index contributed by atoms with van der Waals surface area (Å²) in [4.78, 5) is 0. The first-order valence-electron chi connectivity index (χ1n) is 16.7. The number of nitrogens with two attached hydrogens (primary N) is 2. The number of fused-ring (bicyclic) bond motifs is 2. The number of aryl methyl sites for hydroxylation is 2. The zero-order valence-corrected chi connectivity index (χ0v) is 34.3. The van der Waals surface area contributed by atoms with Gasteiger partial charge in [-0.25, -0.2) is 0 Å². The van der Waals surface area contributed by atoms with Gasteiger partial charge in [0.15, 0.2) is 0 Å². The summed E-state index contributed by atoms with van der Waals surface area (Å²) in [6.45, 7) is 9.82. The summed E-state index contributed by atoms with van der Waals surface area (Å²) in [7, 11) is 8.67. The van der Waals surface area contributed by atoms with Crippen LogP contribution in [-0.4, -0.2) is 26.7 Å². The van der Waals surface area contributed by atoms with Gasteiger partial charge in [0, 0.05) is 39.1 Å². The average molecular weight is 815 g/mol. The van der Waals surface area contributed by atoms with Gasteiger partial charge in [-0.3, -0.25) is 0 Å². The van der Waals surface area contributed by atoms with Gasteiger partial charge in [0.05, 0.1) is 42.5 Å². The molecule has 0 saturated heterocycles. The third kappa shape index (κ3) is 10.1. The normalized spacial score (nSPS) is 15.1. The van der Waals surface area contributed by atoms with E-state index in [1.807, 2.05) is 60.7 Å². The van der Waals surface area contributed by atoms with Gasteiger partial charge >= 0.3 is 34.5 Å². The summed E-state index contributed by atoms with van der Waals surface area (Å²) in [5.41, 5.74) is 24.2. The fourth-order valence-corrected chi connectivity index (χ4v) is 10.5. The molecule has 2 nitrogen and oxygen atoms in total. The van der Waals surface area contributed by atoms with Crippen LogP contribution in [0.25, 0.3) is 0 Å². The first-order chi connectivity index (χ1) is 22.7. The Morgan fingerprint density at radius 3 is 1.26 bits per heavy atom. The fraction of sp³-hybridized carbons (Fsp3) is 0.385. The zero-order chi connectivity index (χ0) is 33.9. The Hall–Kier alpha value is -0.787. The third-order valence-corrected chi connectivity index (χ3v) is 13.1. The standard InChI is InChI=1S/C25H34P2S.C14H16N2.2ClH.Ru/c1-26(2)21-15-13-17-9-5-7-11-19(17)23(21)25(28)24-20-12-8-6-10-18(20)14-16-22(24)27(3)4;15-13(11-7-3-1-4-8-11)14(16)12-9-5-2-6-10-12;;;/h13-16,25,28H,5-12H2,1-4H3;1-10,13-14H,15-16H2;2*1H;/q;;;;+4. The molecular weight excluding hydrogens is 762 g/mol. The Bertz CT molecular complexity index is 1440. The molecule has 0 amide bonds. The van der Waals surface area contributed by atoms with Crippen molar-refractivity contribution in [1.82, 2.24) is 0 Å². The molecule has 8 heteroatoms. The molecule has 0 radical (unpaired) electrons. The first-order valence-corrected chi connectivity index (χ1v) is 26.7. The Labute approximate surface area is 307 Å². The van der Waals surface area contributed by atoms with E-state index in [1.54, 1.807) is 44.0 Å². The van der Waals surface area contributed by atoms with Crippen molar-refractivity contribution in [1.29, 1.82) is 0 Å². The molecule has 0 spiro atoms. The Kier molecular flexibility index (Phi) is 16.2. The van der Waals surface area contributed by atoms with Gasteiger partial charge in [0.25, 0.3) is 0 Å². The van der Waals surface area contributed by atoms with E-state index >= 15 is 0 Å². The molecule has 0 aromatic heterocycles. The number of hydrogen-bond acceptors (Lipinski definition) is 3. The van der Waals surface area contributed by atoms with Crippen LogP contribution in [0.15, 0.2) is 84.9 Å². The van der Waals surface area contributed by atoms with E-state index in [2.05, 4.69) is 50.9 Å². The quantitative estimate of drug-likeness (QED) is 0.0991. The number of halogens is 2. The van der Waals surface area contributed by atoms with E-state index in [9.17, 15) is 0 Å². The number of thiol groups is 1. The van der Waals surface area contributed by atoms with Crippen molar-refractivity contribution in [2.45, 2.75) is 68.7 Å². The SMILES string of the molecule is C[PH+](C)c1ccc2c(c1C(S)c1c([PH+](C)C)ccc3c1CCCC3)CCCC2.NC(c1ccccc1)C(N)c1ccccc1.[Cl][Ru+2][Cl]. The van der Waals surface area contributed by atoms with Crippen molar-refractivity contribution in [3.8, 4) is 0 Å². The van der Waals surface area contributed by atoms with Gasteiger partial charge in [0.2, 0.25) is 0 Å². The van der Waals surface area contributed by atoms with Gasteiger partial charge in [-0.05, 0) is 96.9 Å². The summed E-state index contributed by atoms with van der Waals surface area (Å²) in [6, 6.07) is 29.4. The molecule has 2 atom stereocenters. The summed E-state index contributed by atoms with van der Waals surface area (Å²) in [5, 5.41) is 3.52. The second-order valence-electron chi connectivity index (χ2n) is 13.1. The first kappa shape index (κ1) is 39.0. The molecule has 6 rings (SSSR count). The molecular formula is C39H52Cl2N2P2RuS+4. The van der Waals surface area contributed by atoms with Gasteiger partial charge in [-0.2, -0.15) is 12.6 Å². The predicted octanol–water partition coefficient (Wildman–Crippen LogP) is 9.42. The summed E-state index contributed by atoms with van der Waals surface area (Å²) < 4.78 is 0. The van der Waals surface area contributed by atoms with Crippen LogP contribution in [0.5, 0.6) is 0 Å². The van der Waals surface area contributed by atoms with Gasteiger partial charge in [-0.15, -0.1) is 0 Å². The van der Waals surface area contributed by atoms with Crippen molar-refractivity contribution < 1.29 is 15.1 Å². The van der Waals surface area contributed by atoms with Crippen LogP contribution in [0.3, 0.4) is 0 Å². The Morgan fingerprint density at radius 2 is 0.915 bits per heavy atom. The summed E-state index contributed by atoms with van der Waals surface area (Å²) in [5.74, 6) is 0. The molecule has 2 aliphatic rings. The number of benzene rings is 4. The molecule has 2 aliphatic carbocycles. The van der Waals surface area contributed by atoms with Gasteiger partial charge in [-0.1, -0.05) is 72.8 Å². The van der Waals surface area contributed by atoms with Crippen LogP contribution >= 0.6 is 47.9 Å². The van der Waals surface area contributed by atoms with Crippen molar-refractivity contribution >= 4 is 58.5 Å². The second kappa shape index (κ2) is 19.6. The van der Waals surface area contributed by atoms with E-state index in [0.717, 1.165) is 11.1 Å². The fourth-order valence-electron chi connectivity index (χ4n) is 7.12. The molecule has 252 valence electrons. The van der Waals surface area contributed by atoms with Crippen LogP contribution in [0.4, 0.5) is 0 Å². The molecule has 47 heavy (non-hydrogen) atoms. The predicted molar refractivity (Wildman–Crippen MR) is 215 cm³/mol. The monoisotopic (exact) mass is 814 g/mol. The number of hydrogen-bond donors (Lipinski definition) is 3. The van der Waals surface area contributed by atoms with E-state index in [0.29, 0.717) is 0 Å². The molecule has 4 N–H and O–H groups in total. The second-order valence-corrected chi connectivity index (χ2v) is 21.3. The molecule has 4 aromatic carbocycles. The molecule has 0 aliphatic heterocycles. The molecule has 0 bridgehead atoms. The minimum absolute atomic E-state index is 0.163. The molecule has 0 fully saturated rings. The Balaban J connectivity index is 0.000000223. The molecule has 2 unspecified atom stereocenters. The maximum atomic E-state index is 6.15. The van der Waals surface area contributed by atoms with Crippen molar-refractivity contribution in [2.75, 3.05) is 26.7 Å². The molecule has 0 heterocycles. The van der Waals surface area contributed by atoms with Gasteiger partial charge in [0.1, 0.15) is 0 Å². The zero-order valence-electron chi connectivity index (χ0n) is 28.2. The van der Waals surface area contributed by atoms with Crippen LogP contribution in [0.2, 0.25) is 0 Å². The van der Waals surface area contributed by atoms with Crippen molar-refractivity contribution in [2.24, 2.45) is 11.5 Å². The molecule has 0 saturated carbocycles. The van der Waals surface area contributed by atoms with Crippen molar-refractivity contribution in [3.05, 3.63) is 129 Å². The van der Waals surface area contributed by atoms with E-state index in [1.165, 1.54) is 51.4 Å².